The molecule has 0 saturated heterocycles. The highest BCUT2D eigenvalue weighted by molar-refractivity contribution is 7.98. The van der Waals surface area contributed by atoms with E-state index in [1.165, 1.54) is 11.8 Å². The van der Waals surface area contributed by atoms with Gasteiger partial charge in [-0.1, -0.05) is 29.9 Å². The molecule has 0 unspecified atom stereocenters. The summed E-state index contributed by atoms with van der Waals surface area (Å²) in [5.41, 5.74) is 0. The van der Waals surface area contributed by atoms with Crippen molar-refractivity contribution in [2.75, 3.05) is 0 Å². The van der Waals surface area contributed by atoms with E-state index in [1.807, 2.05) is 24.4 Å². The first-order valence-corrected chi connectivity index (χ1v) is 7.62. The van der Waals surface area contributed by atoms with Crippen LogP contribution in [0.25, 0.3) is 10.8 Å². The van der Waals surface area contributed by atoms with Crippen molar-refractivity contribution in [2.45, 2.75) is 24.3 Å². The van der Waals surface area contributed by atoms with Crippen LogP contribution in [0, 0.1) is 0 Å². The highest BCUT2D eigenvalue weighted by Crippen LogP contribution is 2.24. The number of hydrogen-bond acceptors (Lipinski definition) is 7. The van der Waals surface area contributed by atoms with Gasteiger partial charge in [0.1, 0.15) is 5.82 Å². The van der Waals surface area contributed by atoms with E-state index in [1.54, 1.807) is 11.3 Å². The highest BCUT2D eigenvalue weighted by atomic mass is 32.2. The first-order valence-electron chi connectivity index (χ1n) is 5.75. The molecule has 19 heavy (non-hydrogen) atoms. The van der Waals surface area contributed by atoms with Crippen LogP contribution in [0.3, 0.4) is 0 Å². The molecule has 1 N–H and O–H groups in total. The smallest absolute Gasteiger partial charge is 0.268 e. The number of rotatable bonds is 5. The van der Waals surface area contributed by atoms with Crippen molar-refractivity contribution in [1.82, 2.24) is 25.3 Å². The summed E-state index contributed by atoms with van der Waals surface area (Å²) in [6, 6.07) is 3.91. The number of thiophene rings is 1. The molecule has 8 heteroatoms. The molecular weight excluding hydrogens is 282 g/mol. The van der Waals surface area contributed by atoms with Crippen molar-refractivity contribution in [3.63, 3.8) is 0 Å². The molecule has 6 nitrogen and oxygen atoms in total. The fourth-order valence-electron chi connectivity index (χ4n) is 1.44. The summed E-state index contributed by atoms with van der Waals surface area (Å²) in [7, 11) is 0. The van der Waals surface area contributed by atoms with Gasteiger partial charge >= 0.3 is 0 Å². The maximum Gasteiger partial charge on any atom is 0.268 e. The molecule has 3 aromatic rings. The number of nitrogens with one attached hydrogen (secondary N) is 1. The second kappa shape index (κ2) is 5.54. The van der Waals surface area contributed by atoms with Gasteiger partial charge in [0.25, 0.3) is 5.89 Å². The first-order chi connectivity index (χ1) is 9.35. The lowest BCUT2D eigenvalue weighted by Gasteiger charge is -1.89. The molecule has 0 bridgehead atoms. The van der Waals surface area contributed by atoms with Gasteiger partial charge in [-0.2, -0.15) is 4.98 Å². The first kappa shape index (κ1) is 12.4. The van der Waals surface area contributed by atoms with Crippen LogP contribution in [0.15, 0.2) is 27.2 Å². The molecule has 3 heterocycles. The Labute approximate surface area is 117 Å². The fourth-order valence-corrected chi connectivity index (χ4v) is 2.75. The minimum atomic E-state index is 0.565. The Morgan fingerprint density at radius 3 is 3.11 bits per heavy atom. The second-order valence-corrected chi connectivity index (χ2v) is 5.59. The van der Waals surface area contributed by atoms with Crippen LogP contribution in [0.1, 0.15) is 18.6 Å². The van der Waals surface area contributed by atoms with Gasteiger partial charge in [0, 0.05) is 6.42 Å². The van der Waals surface area contributed by atoms with Crippen LogP contribution < -0.4 is 0 Å². The van der Waals surface area contributed by atoms with E-state index in [4.69, 9.17) is 4.52 Å². The lowest BCUT2D eigenvalue weighted by atomic mass is 10.5. The molecule has 0 aliphatic carbocycles. The van der Waals surface area contributed by atoms with Crippen molar-refractivity contribution in [3.8, 4) is 10.8 Å². The Kier molecular flexibility index (Phi) is 3.60. The molecule has 0 aliphatic rings. The summed E-state index contributed by atoms with van der Waals surface area (Å²) in [6.45, 7) is 2.03. The van der Waals surface area contributed by atoms with E-state index < -0.39 is 0 Å². The van der Waals surface area contributed by atoms with Gasteiger partial charge in [-0.25, -0.2) is 4.98 Å². The summed E-state index contributed by atoms with van der Waals surface area (Å²) >= 11 is 3.06. The Bertz CT molecular complexity index is 646. The van der Waals surface area contributed by atoms with Crippen LogP contribution in [0.2, 0.25) is 0 Å². The number of aryl methyl sites for hydroxylation is 1. The van der Waals surface area contributed by atoms with Crippen LogP contribution in [0.5, 0.6) is 0 Å². The van der Waals surface area contributed by atoms with E-state index in [0.717, 1.165) is 17.1 Å². The van der Waals surface area contributed by atoms with Crippen LogP contribution in [-0.2, 0) is 12.2 Å². The third-order valence-electron chi connectivity index (χ3n) is 2.38. The van der Waals surface area contributed by atoms with Gasteiger partial charge in [0.05, 0.1) is 10.6 Å². The van der Waals surface area contributed by atoms with Gasteiger partial charge in [0.2, 0.25) is 5.16 Å². The van der Waals surface area contributed by atoms with Gasteiger partial charge in [-0.3, -0.25) is 5.10 Å². The van der Waals surface area contributed by atoms with Gasteiger partial charge in [-0.05, 0) is 11.4 Å². The Balaban J connectivity index is 1.64. The van der Waals surface area contributed by atoms with Crippen molar-refractivity contribution < 1.29 is 4.52 Å². The van der Waals surface area contributed by atoms with E-state index in [2.05, 4.69) is 25.3 Å². The number of aromatic amines is 1. The van der Waals surface area contributed by atoms with Gasteiger partial charge in [-0.15, -0.1) is 16.4 Å². The summed E-state index contributed by atoms with van der Waals surface area (Å²) in [6.07, 6.45) is 0.846. The summed E-state index contributed by atoms with van der Waals surface area (Å²) in [5.74, 6) is 2.69. The minimum absolute atomic E-state index is 0.565. The van der Waals surface area contributed by atoms with Crippen molar-refractivity contribution in [1.29, 1.82) is 0 Å². The van der Waals surface area contributed by atoms with Crippen LogP contribution >= 0.6 is 23.1 Å². The Hall–Kier alpha value is -1.67. The molecule has 0 spiro atoms. The number of hydrogen-bond donors (Lipinski definition) is 1. The molecule has 3 rings (SSSR count). The predicted octanol–water partition coefficient (Wildman–Crippen LogP) is 2.77. The molecule has 0 radical (unpaired) electrons. The highest BCUT2D eigenvalue weighted by Gasteiger charge is 2.11. The fraction of sp³-hybridized carbons (Fsp3) is 0.273. The monoisotopic (exact) mass is 293 g/mol. The predicted molar refractivity (Wildman–Crippen MR) is 72.9 cm³/mol. The van der Waals surface area contributed by atoms with E-state index in [-0.39, 0.29) is 0 Å². The molecule has 0 saturated carbocycles. The number of aromatic nitrogens is 5. The topological polar surface area (TPSA) is 80.5 Å². The Morgan fingerprint density at radius 1 is 1.42 bits per heavy atom. The third-order valence-corrected chi connectivity index (χ3v) is 4.08. The zero-order valence-electron chi connectivity index (χ0n) is 10.2. The average Bonchev–Trinajstić information content (AvgIpc) is 3.16. The van der Waals surface area contributed by atoms with Crippen LogP contribution in [-0.4, -0.2) is 25.3 Å². The molecule has 3 aromatic heterocycles. The van der Waals surface area contributed by atoms with Crippen molar-refractivity contribution in [2.24, 2.45) is 0 Å². The molecule has 0 atom stereocenters. The maximum atomic E-state index is 5.21. The van der Waals surface area contributed by atoms with E-state index >= 15 is 0 Å². The lowest BCUT2D eigenvalue weighted by Crippen LogP contribution is -1.85. The molecule has 0 amide bonds. The maximum absolute atomic E-state index is 5.21. The third kappa shape index (κ3) is 2.85. The Morgan fingerprint density at radius 2 is 2.37 bits per heavy atom. The summed E-state index contributed by atoms with van der Waals surface area (Å²) in [5, 5.41) is 13.6. The average molecular weight is 293 g/mol. The standard InChI is InChI=1S/C11H11N5OS2/c1-2-8-13-11(15-14-8)19-6-9-12-10(17-16-9)7-4-3-5-18-7/h3-5H,2,6H2,1H3,(H,13,14,15). The summed E-state index contributed by atoms with van der Waals surface area (Å²) in [4.78, 5) is 9.63. The zero-order chi connectivity index (χ0) is 13.1. The SMILES string of the molecule is CCc1nc(SCc2noc(-c3cccs3)n2)n[nH]1. The molecule has 0 fully saturated rings. The molecule has 98 valence electrons. The lowest BCUT2D eigenvalue weighted by molar-refractivity contribution is 0.426. The molecule has 0 aliphatic heterocycles. The largest absolute Gasteiger partial charge is 0.333 e. The number of nitrogens with zero attached hydrogens (tertiary/aromatic N) is 4. The van der Waals surface area contributed by atoms with E-state index in [9.17, 15) is 0 Å². The summed E-state index contributed by atoms with van der Waals surface area (Å²) < 4.78 is 5.21. The number of H-pyrrole nitrogens is 1. The second-order valence-electron chi connectivity index (χ2n) is 3.70. The van der Waals surface area contributed by atoms with Crippen LogP contribution in [0.4, 0.5) is 0 Å². The van der Waals surface area contributed by atoms with Gasteiger partial charge < -0.3 is 4.52 Å². The molecule has 0 aromatic carbocycles. The minimum Gasteiger partial charge on any atom is -0.333 e. The number of thioether (sulfide) groups is 1. The van der Waals surface area contributed by atoms with Gasteiger partial charge in [0.15, 0.2) is 5.82 Å². The quantitative estimate of drug-likeness (QED) is 0.729. The van der Waals surface area contributed by atoms with Crippen molar-refractivity contribution >= 4 is 23.1 Å². The zero-order valence-corrected chi connectivity index (χ0v) is 11.8. The van der Waals surface area contributed by atoms with E-state index in [0.29, 0.717) is 22.6 Å². The van der Waals surface area contributed by atoms with Crippen molar-refractivity contribution in [3.05, 3.63) is 29.2 Å². The molecular formula is C11H11N5OS2. The normalized spacial score (nSPS) is 11.0.